The first-order valence-corrected chi connectivity index (χ1v) is 4.94. The van der Waals surface area contributed by atoms with Crippen LogP contribution in [0, 0.1) is 23.7 Å². The van der Waals surface area contributed by atoms with Gasteiger partial charge in [0.2, 0.25) is 0 Å². The van der Waals surface area contributed by atoms with E-state index in [1.54, 1.807) is 14.2 Å². The molecule has 4 atom stereocenters. The molecule has 0 aromatic heterocycles. The Morgan fingerprint density at radius 2 is 1.50 bits per heavy atom. The SMILES string of the molecule is COC1(OC)[C@@H]2CC[C@H]1[C@@H]1C[C@@H]12. The van der Waals surface area contributed by atoms with Gasteiger partial charge < -0.3 is 9.47 Å². The van der Waals surface area contributed by atoms with Gasteiger partial charge in [0.15, 0.2) is 5.79 Å². The lowest BCUT2D eigenvalue weighted by Gasteiger charge is -2.33. The molecule has 0 aromatic rings. The zero-order valence-corrected chi connectivity index (χ0v) is 7.75. The molecule has 0 N–H and O–H groups in total. The maximum atomic E-state index is 5.61. The molecule has 0 spiro atoms. The van der Waals surface area contributed by atoms with Gasteiger partial charge in [-0.15, -0.1) is 0 Å². The van der Waals surface area contributed by atoms with Crippen LogP contribution in [0.25, 0.3) is 0 Å². The van der Waals surface area contributed by atoms with Crippen LogP contribution in [0.15, 0.2) is 0 Å². The van der Waals surface area contributed by atoms with Crippen LogP contribution in [-0.2, 0) is 9.47 Å². The molecule has 0 heterocycles. The lowest BCUT2D eigenvalue weighted by atomic mass is 9.99. The topological polar surface area (TPSA) is 18.5 Å². The van der Waals surface area contributed by atoms with Gasteiger partial charge in [-0.25, -0.2) is 0 Å². The van der Waals surface area contributed by atoms with Crippen LogP contribution in [0.1, 0.15) is 19.3 Å². The highest BCUT2D eigenvalue weighted by Gasteiger charge is 2.71. The third-order valence-corrected chi connectivity index (χ3v) is 4.39. The number of fused-ring (bicyclic) bond motifs is 5. The first kappa shape index (κ1) is 7.34. The molecule has 0 aromatic carbocycles. The van der Waals surface area contributed by atoms with Crippen molar-refractivity contribution in [3.05, 3.63) is 0 Å². The van der Waals surface area contributed by atoms with Gasteiger partial charge in [0.25, 0.3) is 0 Å². The largest absolute Gasteiger partial charge is 0.353 e. The minimum absolute atomic E-state index is 0.173. The van der Waals surface area contributed by atoms with Crippen molar-refractivity contribution in [2.24, 2.45) is 23.7 Å². The monoisotopic (exact) mass is 168 g/mol. The van der Waals surface area contributed by atoms with E-state index < -0.39 is 0 Å². The summed E-state index contributed by atoms with van der Waals surface area (Å²) in [5.41, 5.74) is 0. The second-order valence-corrected chi connectivity index (χ2v) is 4.48. The Bertz CT molecular complexity index is 192. The molecule has 3 fully saturated rings. The zero-order chi connectivity index (χ0) is 8.34. The third kappa shape index (κ3) is 0.579. The number of rotatable bonds is 2. The molecule has 0 radical (unpaired) electrons. The average molecular weight is 168 g/mol. The van der Waals surface area contributed by atoms with Gasteiger partial charge in [0.1, 0.15) is 0 Å². The Morgan fingerprint density at radius 3 is 1.83 bits per heavy atom. The van der Waals surface area contributed by atoms with Crippen LogP contribution in [0.5, 0.6) is 0 Å². The van der Waals surface area contributed by atoms with Crippen molar-refractivity contribution in [1.29, 1.82) is 0 Å². The molecule has 2 bridgehead atoms. The Morgan fingerprint density at radius 1 is 1.00 bits per heavy atom. The molecule has 3 aliphatic rings. The number of methoxy groups -OCH3 is 2. The van der Waals surface area contributed by atoms with Gasteiger partial charge in [0.05, 0.1) is 0 Å². The van der Waals surface area contributed by atoms with Crippen LogP contribution >= 0.6 is 0 Å². The number of hydrogen-bond donors (Lipinski definition) is 0. The summed E-state index contributed by atoms with van der Waals surface area (Å²) < 4.78 is 11.2. The second-order valence-electron chi connectivity index (χ2n) is 4.48. The molecule has 12 heavy (non-hydrogen) atoms. The van der Waals surface area contributed by atoms with E-state index in [0.29, 0.717) is 11.8 Å². The van der Waals surface area contributed by atoms with Crippen LogP contribution in [0.2, 0.25) is 0 Å². The van der Waals surface area contributed by atoms with E-state index in [9.17, 15) is 0 Å². The quantitative estimate of drug-likeness (QED) is 0.584. The van der Waals surface area contributed by atoms with Crippen LogP contribution < -0.4 is 0 Å². The molecule has 0 aliphatic heterocycles. The van der Waals surface area contributed by atoms with E-state index in [1.807, 2.05) is 0 Å². The molecule has 3 aliphatic carbocycles. The van der Waals surface area contributed by atoms with Crippen molar-refractivity contribution in [3.8, 4) is 0 Å². The Balaban J connectivity index is 1.97. The molecule has 3 saturated carbocycles. The van der Waals surface area contributed by atoms with Crippen LogP contribution in [0.3, 0.4) is 0 Å². The fourth-order valence-corrected chi connectivity index (χ4v) is 3.91. The Kier molecular flexibility index (Phi) is 1.25. The van der Waals surface area contributed by atoms with Crippen molar-refractivity contribution < 1.29 is 9.47 Å². The summed E-state index contributed by atoms with van der Waals surface area (Å²) in [5.74, 6) is 3.14. The highest BCUT2D eigenvalue weighted by atomic mass is 16.7. The fourth-order valence-electron chi connectivity index (χ4n) is 3.91. The number of ether oxygens (including phenoxy) is 2. The fraction of sp³-hybridized carbons (Fsp3) is 1.00. The van der Waals surface area contributed by atoms with E-state index in [0.717, 1.165) is 11.8 Å². The summed E-state index contributed by atoms with van der Waals surface area (Å²) in [6.45, 7) is 0. The van der Waals surface area contributed by atoms with Gasteiger partial charge in [-0.1, -0.05) is 0 Å². The van der Waals surface area contributed by atoms with E-state index >= 15 is 0 Å². The Labute approximate surface area is 73.2 Å². The molecule has 2 heteroatoms. The zero-order valence-electron chi connectivity index (χ0n) is 7.75. The summed E-state index contributed by atoms with van der Waals surface area (Å²) in [7, 11) is 3.61. The van der Waals surface area contributed by atoms with E-state index in [4.69, 9.17) is 9.47 Å². The summed E-state index contributed by atoms with van der Waals surface area (Å²) in [6.07, 6.45) is 4.10. The molecule has 0 saturated heterocycles. The molecule has 3 rings (SSSR count). The first-order valence-electron chi connectivity index (χ1n) is 4.94. The molecular weight excluding hydrogens is 152 g/mol. The number of hydrogen-bond acceptors (Lipinski definition) is 2. The second kappa shape index (κ2) is 2.05. The van der Waals surface area contributed by atoms with Crippen molar-refractivity contribution in [3.63, 3.8) is 0 Å². The van der Waals surface area contributed by atoms with E-state index in [2.05, 4.69) is 0 Å². The van der Waals surface area contributed by atoms with Crippen LogP contribution in [-0.4, -0.2) is 20.0 Å². The van der Waals surface area contributed by atoms with Crippen LogP contribution in [0.4, 0.5) is 0 Å². The third-order valence-electron chi connectivity index (χ3n) is 4.39. The predicted octanol–water partition coefficient (Wildman–Crippen LogP) is 1.65. The van der Waals surface area contributed by atoms with Crippen molar-refractivity contribution in [2.75, 3.05) is 14.2 Å². The van der Waals surface area contributed by atoms with E-state index in [-0.39, 0.29) is 5.79 Å². The minimum Gasteiger partial charge on any atom is -0.353 e. The van der Waals surface area contributed by atoms with Crippen molar-refractivity contribution >= 4 is 0 Å². The highest BCUT2D eigenvalue weighted by Crippen LogP contribution is 2.70. The normalized spacial score (nSPS) is 52.5. The van der Waals surface area contributed by atoms with Gasteiger partial charge in [-0.2, -0.15) is 0 Å². The first-order chi connectivity index (χ1) is 5.83. The van der Waals surface area contributed by atoms with Crippen molar-refractivity contribution in [2.45, 2.75) is 25.0 Å². The molecular formula is C10H16O2. The molecule has 2 nitrogen and oxygen atoms in total. The minimum atomic E-state index is -0.173. The van der Waals surface area contributed by atoms with Gasteiger partial charge >= 0.3 is 0 Å². The van der Waals surface area contributed by atoms with Gasteiger partial charge in [0, 0.05) is 26.1 Å². The molecule has 68 valence electrons. The van der Waals surface area contributed by atoms with Gasteiger partial charge in [-0.05, 0) is 31.1 Å². The lowest BCUT2D eigenvalue weighted by molar-refractivity contribution is -0.243. The predicted molar refractivity (Wildman–Crippen MR) is 44.6 cm³/mol. The standard InChI is InChI=1S/C10H16O2/c1-11-10(12-2)8-3-4-9(10)7-5-6(7)8/h6-9H,3-5H2,1-2H3/t6-,7+,8+,9-. The Hall–Kier alpha value is -0.0800. The average Bonchev–Trinajstić information content (AvgIpc) is 2.79. The summed E-state index contributed by atoms with van der Waals surface area (Å²) >= 11 is 0. The smallest absolute Gasteiger partial charge is 0.173 e. The summed E-state index contributed by atoms with van der Waals surface area (Å²) in [4.78, 5) is 0. The highest BCUT2D eigenvalue weighted by molar-refractivity contribution is 5.16. The summed E-state index contributed by atoms with van der Waals surface area (Å²) in [6, 6.07) is 0. The van der Waals surface area contributed by atoms with Crippen molar-refractivity contribution in [1.82, 2.24) is 0 Å². The lowest BCUT2D eigenvalue weighted by Crippen LogP contribution is -2.41. The maximum Gasteiger partial charge on any atom is 0.173 e. The van der Waals surface area contributed by atoms with Gasteiger partial charge in [-0.3, -0.25) is 0 Å². The van der Waals surface area contributed by atoms with E-state index in [1.165, 1.54) is 19.3 Å². The molecule has 0 unspecified atom stereocenters. The molecule has 0 amide bonds. The summed E-state index contributed by atoms with van der Waals surface area (Å²) in [5, 5.41) is 0. The maximum absolute atomic E-state index is 5.61.